The lowest BCUT2D eigenvalue weighted by molar-refractivity contribution is 0.758. The molecule has 3 N–H and O–H groups in total. The van der Waals surface area contributed by atoms with Gasteiger partial charge in [-0.25, -0.2) is 18.9 Å². The molecule has 162 valence electrons. The van der Waals surface area contributed by atoms with Crippen molar-refractivity contribution in [3.8, 4) is 17.3 Å². The maximum atomic E-state index is 11.7. The van der Waals surface area contributed by atoms with Crippen molar-refractivity contribution in [1.29, 1.82) is 0 Å². The zero-order valence-corrected chi connectivity index (χ0v) is 17.2. The number of fused-ring (bicyclic) bond motifs is 1. The van der Waals surface area contributed by atoms with Crippen LogP contribution in [0.4, 0.5) is 17.2 Å². The molecule has 0 amide bonds. The van der Waals surface area contributed by atoms with Gasteiger partial charge in [0.15, 0.2) is 17.3 Å². The van der Waals surface area contributed by atoms with Crippen molar-refractivity contribution >= 4 is 22.8 Å². The van der Waals surface area contributed by atoms with Crippen LogP contribution in [-0.4, -0.2) is 44.5 Å². The van der Waals surface area contributed by atoms with Crippen molar-refractivity contribution in [3.63, 3.8) is 0 Å². The topological polar surface area (TPSA) is 171 Å². The van der Waals surface area contributed by atoms with Crippen LogP contribution in [0.3, 0.4) is 0 Å². The molecule has 0 spiro atoms. The minimum Gasteiger partial charge on any atom is -0.293 e. The van der Waals surface area contributed by atoms with Gasteiger partial charge >= 0.3 is 11.4 Å². The van der Waals surface area contributed by atoms with Crippen LogP contribution in [0.15, 0.2) is 50.1 Å². The summed E-state index contributed by atoms with van der Waals surface area (Å²) >= 11 is 0. The first-order chi connectivity index (χ1) is 16.0. The minimum absolute atomic E-state index is 0.00204. The Hall–Kier alpha value is -5.19. The average molecular weight is 442 g/mol. The van der Waals surface area contributed by atoms with E-state index in [9.17, 15) is 9.59 Å². The summed E-state index contributed by atoms with van der Waals surface area (Å²) in [5.41, 5.74) is 1.14. The van der Waals surface area contributed by atoms with Gasteiger partial charge in [0.05, 0.1) is 18.0 Å². The zero-order chi connectivity index (χ0) is 23.1. The Kier molecular flexibility index (Phi) is 4.49. The molecule has 5 rings (SSSR count). The van der Waals surface area contributed by atoms with Crippen LogP contribution < -0.4 is 11.4 Å². The van der Waals surface area contributed by atoms with Gasteiger partial charge in [-0.15, -0.1) is 20.4 Å². The SMILES string of the molecule is [C-]#[N+]c1c(C)nn(-c2nc(=O)[nH]c(=O)[nH]2)c1N=Nc1c(C)[nH]n2c(-c3ccccc3)nnc12. The van der Waals surface area contributed by atoms with E-state index in [0.717, 1.165) is 10.2 Å². The summed E-state index contributed by atoms with van der Waals surface area (Å²) in [6.45, 7) is 10.9. The second kappa shape index (κ2) is 7.50. The molecule has 4 heterocycles. The Balaban J connectivity index is 1.64. The third-order valence-corrected chi connectivity index (χ3v) is 4.76. The smallest absolute Gasteiger partial charge is 0.293 e. The first kappa shape index (κ1) is 19.8. The molecule has 4 aromatic heterocycles. The fraction of sp³-hybridized carbons (Fsp3) is 0.105. The normalized spacial score (nSPS) is 11.4. The summed E-state index contributed by atoms with van der Waals surface area (Å²) in [4.78, 5) is 34.8. The van der Waals surface area contributed by atoms with E-state index in [2.05, 4.69) is 45.4 Å². The maximum Gasteiger partial charge on any atom is 0.352 e. The number of aromatic nitrogens is 9. The summed E-state index contributed by atoms with van der Waals surface area (Å²) in [7, 11) is 0. The number of rotatable bonds is 4. The highest BCUT2D eigenvalue weighted by atomic mass is 16.2. The molecule has 0 atom stereocenters. The van der Waals surface area contributed by atoms with Gasteiger partial charge in [0, 0.05) is 5.56 Å². The molecule has 33 heavy (non-hydrogen) atoms. The van der Waals surface area contributed by atoms with Crippen molar-refractivity contribution in [3.05, 3.63) is 74.1 Å². The van der Waals surface area contributed by atoms with E-state index in [1.54, 1.807) is 18.4 Å². The van der Waals surface area contributed by atoms with Crippen LogP contribution in [0.25, 0.3) is 27.8 Å². The Morgan fingerprint density at radius 3 is 2.58 bits per heavy atom. The number of azo groups is 1. The van der Waals surface area contributed by atoms with Gasteiger partial charge in [0.25, 0.3) is 5.69 Å². The highest BCUT2D eigenvalue weighted by Crippen LogP contribution is 2.35. The summed E-state index contributed by atoms with van der Waals surface area (Å²) in [5.74, 6) is 0.404. The Morgan fingerprint density at radius 1 is 1.06 bits per heavy atom. The maximum absolute atomic E-state index is 11.7. The van der Waals surface area contributed by atoms with Gasteiger partial charge < -0.3 is 0 Å². The lowest BCUT2D eigenvalue weighted by atomic mass is 10.2. The minimum atomic E-state index is -0.866. The van der Waals surface area contributed by atoms with E-state index in [1.165, 1.54) is 0 Å². The third-order valence-electron chi connectivity index (χ3n) is 4.76. The number of benzene rings is 1. The molecular weight excluding hydrogens is 428 g/mol. The van der Waals surface area contributed by atoms with Crippen LogP contribution in [-0.2, 0) is 0 Å². The van der Waals surface area contributed by atoms with Crippen molar-refractivity contribution < 1.29 is 0 Å². The summed E-state index contributed by atoms with van der Waals surface area (Å²) in [5, 5.41) is 24.3. The van der Waals surface area contributed by atoms with Gasteiger partial charge in [-0.05, 0) is 13.8 Å². The zero-order valence-electron chi connectivity index (χ0n) is 17.2. The molecule has 0 saturated carbocycles. The first-order valence-corrected chi connectivity index (χ1v) is 9.55. The summed E-state index contributed by atoms with van der Waals surface area (Å²) in [6, 6.07) is 9.52. The van der Waals surface area contributed by atoms with E-state index in [4.69, 9.17) is 6.57 Å². The van der Waals surface area contributed by atoms with Crippen LogP contribution in [0, 0.1) is 20.4 Å². The fourth-order valence-corrected chi connectivity index (χ4v) is 3.28. The van der Waals surface area contributed by atoms with Crippen molar-refractivity contribution in [2.45, 2.75) is 13.8 Å². The largest absolute Gasteiger partial charge is 0.352 e. The van der Waals surface area contributed by atoms with E-state index in [1.807, 2.05) is 35.3 Å². The van der Waals surface area contributed by atoms with Crippen LogP contribution in [0.1, 0.15) is 11.4 Å². The molecule has 1 aromatic carbocycles. The molecule has 14 heteroatoms. The quantitative estimate of drug-likeness (QED) is 0.284. The van der Waals surface area contributed by atoms with E-state index in [0.29, 0.717) is 28.5 Å². The van der Waals surface area contributed by atoms with E-state index < -0.39 is 11.4 Å². The predicted octanol–water partition coefficient (Wildman–Crippen LogP) is 2.26. The Labute approximate surface area is 183 Å². The fourth-order valence-electron chi connectivity index (χ4n) is 3.28. The lowest BCUT2D eigenvalue weighted by Gasteiger charge is -2.01. The van der Waals surface area contributed by atoms with Crippen molar-refractivity contribution in [2.75, 3.05) is 0 Å². The first-order valence-electron chi connectivity index (χ1n) is 9.55. The number of H-pyrrole nitrogens is 3. The van der Waals surface area contributed by atoms with E-state index in [-0.39, 0.29) is 17.5 Å². The van der Waals surface area contributed by atoms with Crippen LogP contribution in [0.5, 0.6) is 0 Å². The molecular formula is C19H14N12O2. The van der Waals surface area contributed by atoms with Crippen LogP contribution >= 0.6 is 0 Å². The molecule has 0 saturated heterocycles. The Bertz CT molecular complexity index is 1660. The summed E-state index contributed by atoms with van der Waals surface area (Å²) < 4.78 is 2.77. The number of aryl methyl sites for hydroxylation is 2. The lowest BCUT2D eigenvalue weighted by Crippen LogP contribution is -2.27. The third kappa shape index (κ3) is 3.29. The highest BCUT2D eigenvalue weighted by molar-refractivity contribution is 5.71. The summed E-state index contributed by atoms with van der Waals surface area (Å²) in [6.07, 6.45) is 0. The number of hydrogen-bond acceptors (Lipinski definition) is 8. The van der Waals surface area contributed by atoms with Gasteiger partial charge in [-0.1, -0.05) is 30.3 Å². The molecule has 0 aliphatic rings. The van der Waals surface area contributed by atoms with Gasteiger partial charge in [-0.3, -0.25) is 15.1 Å². The molecule has 5 aromatic rings. The number of hydrogen-bond donors (Lipinski definition) is 3. The standard InChI is InChI=1S/C19H14N12O2/c1-9-12(20-3)15(31(29-9)17-21-18(32)23-19(33)22-17)26-24-13-10(2)28-30-14(25-27-16(13)30)11-7-5-4-6-8-11/h4-8,28H,1-2H3,(H2,21,22,23,32,33). The monoisotopic (exact) mass is 442 g/mol. The van der Waals surface area contributed by atoms with Gasteiger partial charge in [-0.2, -0.15) is 14.8 Å². The van der Waals surface area contributed by atoms with Crippen LogP contribution in [0.2, 0.25) is 0 Å². The second-order valence-corrected chi connectivity index (χ2v) is 6.93. The number of aromatic amines is 3. The van der Waals surface area contributed by atoms with Gasteiger partial charge in [0.2, 0.25) is 11.6 Å². The molecule has 0 radical (unpaired) electrons. The molecule has 0 unspecified atom stereocenters. The molecule has 0 fully saturated rings. The number of nitrogens with zero attached hydrogens (tertiary/aromatic N) is 9. The Morgan fingerprint density at radius 2 is 1.85 bits per heavy atom. The van der Waals surface area contributed by atoms with Crippen molar-refractivity contribution in [1.82, 2.24) is 44.5 Å². The highest BCUT2D eigenvalue weighted by Gasteiger charge is 2.20. The van der Waals surface area contributed by atoms with Crippen molar-refractivity contribution in [2.24, 2.45) is 10.2 Å². The molecule has 0 bridgehead atoms. The molecule has 14 nitrogen and oxygen atoms in total. The van der Waals surface area contributed by atoms with E-state index >= 15 is 0 Å². The predicted molar refractivity (Wildman–Crippen MR) is 115 cm³/mol. The molecule has 0 aliphatic heterocycles. The average Bonchev–Trinajstić information content (AvgIpc) is 3.43. The molecule has 0 aliphatic carbocycles. The second-order valence-electron chi connectivity index (χ2n) is 6.93. The van der Waals surface area contributed by atoms with Gasteiger partial charge in [0.1, 0.15) is 0 Å². The number of nitrogens with one attached hydrogen (secondary N) is 3.